The number of allylic oxidation sites excluding steroid dienone is 3. The van der Waals surface area contributed by atoms with Crippen molar-refractivity contribution in [3.63, 3.8) is 0 Å². The van der Waals surface area contributed by atoms with Gasteiger partial charge >= 0.3 is 0 Å². The predicted molar refractivity (Wildman–Crippen MR) is 133 cm³/mol. The first-order valence-corrected chi connectivity index (χ1v) is 12.1. The average Bonchev–Trinajstić information content (AvgIpc) is 3.22. The van der Waals surface area contributed by atoms with Crippen LogP contribution >= 0.6 is 0 Å². The quantitative estimate of drug-likeness (QED) is 0.433. The van der Waals surface area contributed by atoms with Gasteiger partial charge in [-0.2, -0.15) is 0 Å². The summed E-state index contributed by atoms with van der Waals surface area (Å²) >= 11 is 0. The second-order valence-electron chi connectivity index (χ2n) is 11.1. The SMILES string of the molecule is COc1cc(C)c(OC)c(C/C=C(\C)CC2=C[C@@]3(C)CCC[C@@]3(C)[C@]3(C=CC(C)(C)O3)O2)c1. The molecule has 0 amide bonds. The zero-order valence-electron chi connectivity index (χ0n) is 21.6. The van der Waals surface area contributed by atoms with Gasteiger partial charge in [0.05, 0.1) is 19.8 Å². The Labute approximate surface area is 199 Å². The van der Waals surface area contributed by atoms with Gasteiger partial charge in [-0.25, -0.2) is 0 Å². The Bertz CT molecular complexity index is 1020. The molecular weight excluding hydrogens is 412 g/mol. The molecule has 0 aromatic heterocycles. The van der Waals surface area contributed by atoms with Crippen LogP contribution in [0.3, 0.4) is 0 Å². The van der Waals surface area contributed by atoms with Crippen LogP contribution in [0.1, 0.15) is 71.4 Å². The molecule has 1 aromatic rings. The first kappa shape index (κ1) is 23.9. The maximum Gasteiger partial charge on any atom is 0.236 e. The highest BCUT2D eigenvalue weighted by Gasteiger charge is 2.66. The standard InChI is InChI=1S/C29H40O4/c1-20(10-11-22-18-23(30-7)17-21(2)25(22)31-8)16-24-19-27(5)12-9-13-28(27,6)29(32-24)15-14-26(3,4)33-29/h10,14-15,17-19H,9,11-13,16H2,1-8H3/b20-10+/t27-,28-,29-/m1/s1. The number of benzene rings is 1. The zero-order valence-corrected chi connectivity index (χ0v) is 21.6. The van der Waals surface area contributed by atoms with Gasteiger partial charge in [0.25, 0.3) is 0 Å². The summed E-state index contributed by atoms with van der Waals surface area (Å²) in [5.41, 5.74) is 3.14. The van der Waals surface area contributed by atoms with Crippen molar-refractivity contribution >= 4 is 0 Å². The van der Waals surface area contributed by atoms with E-state index in [0.29, 0.717) is 0 Å². The largest absolute Gasteiger partial charge is 0.497 e. The summed E-state index contributed by atoms with van der Waals surface area (Å²) in [5, 5.41) is 0. The van der Waals surface area contributed by atoms with E-state index in [1.807, 2.05) is 6.07 Å². The van der Waals surface area contributed by atoms with Gasteiger partial charge < -0.3 is 18.9 Å². The number of ether oxygens (including phenoxy) is 4. The van der Waals surface area contributed by atoms with Crippen molar-refractivity contribution in [3.8, 4) is 11.5 Å². The molecule has 0 N–H and O–H groups in total. The molecule has 0 radical (unpaired) electrons. The normalized spacial score (nSPS) is 32.5. The third-order valence-electron chi connectivity index (χ3n) is 8.17. The molecule has 1 aromatic carbocycles. The second kappa shape index (κ2) is 8.23. The van der Waals surface area contributed by atoms with E-state index in [2.05, 4.69) is 71.9 Å². The topological polar surface area (TPSA) is 36.9 Å². The van der Waals surface area contributed by atoms with Crippen LogP contribution in [-0.2, 0) is 15.9 Å². The predicted octanol–water partition coefficient (Wildman–Crippen LogP) is 7.06. The number of hydrogen-bond donors (Lipinski definition) is 0. The van der Waals surface area contributed by atoms with E-state index in [4.69, 9.17) is 18.9 Å². The van der Waals surface area contributed by atoms with Gasteiger partial charge in [0.15, 0.2) is 0 Å². The number of methoxy groups -OCH3 is 2. The van der Waals surface area contributed by atoms with Crippen molar-refractivity contribution < 1.29 is 18.9 Å². The third kappa shape index (κ3) is 4.01. The summed E-state index contributed by atoms with van der Waals surface area (Å²) in [6.45, 7) is 13.2. The van der Waals surface area contributed by atoms with Crippen molar-refractivity contribution in [1.82, 2.24) is 0 Å². The van der Waals surface area contributed by atoms with E-state index in [1.54, 1.807) is 14.2 Å². The molecule has 4 heteroatoms. The summed E-state index contributed by atoms with van der Waals surface area (Å²) in [6.07, 6.45) is 14.0. The number of fused-ring (bicyclic) bond motifs is 2. The molecule has 1 spiro atoms. The zero-order chi connectivity index (χ0) is 24.1. The maximum absolute atomic E-state index is 6.74. The Morgan fingerprint density at radius 3 is 2.45 bits per heavy atom. The third-order valence-corrected chi connectivity index (χ3v) is 8.17. The highest BCUT2D eigenvalue weighted by Crippen LogP contribution is 2.66. The molecule has 3 atom stereocenters. The second-order valence-corrected chi connectivity index (χ2v) is 11.1. The molecule has 0 bridgehead atoms. The van der Waals surface area contributed by atoms with Crippen LogP contribution < -0.4 is 9.47 Å². The van der Waals surface area contributed by atoms with Crippen LogP contribution in [0.2, 0.25) is 0 Å². The van der Waals surface area contributed by atoms with Gasteiger partial charge in [0.2, 0.25) is 5.79 Å². The monoisotopic (exact) mass is 452 g/mol. The molecule has 4 nitrogen and oxygen atoms in total. The number of aryl methyl sites for hydroxylation is 1. The smallest absolute Gasteiger partial charge is 0.236 e. The first-order chi connectivity index (χ1) is 15.5. The first-order valence-electron chi connectivity index (χ1n) is 12.1. The summed E-state index contributed by atoms with van der Waals surface area (Å²) in [6, 6.07) is 4.07. The van der Waals surface area contributed by atoms with E-state index in [9.17, 15) is 0 Å². The van der Waals surface area contributed by atoms with Crippen LogP contribution in [0.25, 0.3) is 0 Å². The molecule has 33 heavy (non-hydrogen) atoms. The van der Waals surface area contributed by atoms with Gasteiger partial charge in [-0.1, -0.05) is 38.0 Å². The van der Waals surface area contributed by atoms with Crippen LogP contribution in [0.4, 0.5) is 0 Å². The highest BCUT2D eigenvalue weighted by molar-refractivity contribution is 5.47. The number of rotatable bonds is 6. The van der Waals surface area contributed by atoms with Crippen LogP contribution in [0.15, 0.2) is 47.8 Å². The van der Waals surface area contributed by atoms with E-state index in [1.165, 1.54) is 18.4 Å². The van der Waals surface area contributed by atoms with Gasteiger partial charge in [-0.15, -0.1) is 0 Å². The fraction of sp³-hybridized carbons (Fsp3) is 0.586. The lowest BCUT2D eigenvalue weighted by Gasteiger charge is -2.54. The maximum atomic E-state index is 6.74. The molecule has 0 saturated heterocycles. The molecular formula is C29H40O4. The minimum Gasteiger partial charge on any atom is -0.497 e. The van der Waals surface area contributed by atoms with Crippen LogP contribution in [-0.4, -0.2) is 25.6 Å². The van der Waals surface area contributed by atoms with E-state index in [-0.39, 0.29) is 16.4 Å². The molecule has 1 saturated carbocycles. The van der Waals surface area contributed by atoms with Gasteiger partial charge in [0, 0.05) is 22.8 Å². The molecule has 2 aliphatic heterocycles. The molecule has 4 rings (SSSR count). The Hall–Kier alpha value is -2.20. The van der Waals surface area contributed by atoms with Crippen molar-refractivity contribution in [1.29, 1.82) is 0 Å². The average molecular weight is 453 g/mol. The fourth-order valence-electron chi connectivity index (χ4n) is 6.08. The molecule has 1 fully saturated rings. The lowest BCUT2D eigenvalue weighted by atomic mass is 9.61. The summed E-state index contributed by atoms with van der Waals surface area (Å²) in [5.74, 6) is 2.10. The minimum atomic E-state index is -0.695. The van der Waals surface area contributed by atoms with Gasteiger partial charge in [-0.05, 0) is 76.8 Å². The fourth-order valence-corrected chi connectivity index (χ4v) is 6.08. The minimum absolute atomic E-state index is 0.0543. The van der Waals surface area contributed by atoms with Gasteiger partial charge in [-0.3, -0.25) is 0 Å². The van der Waals surface area contributed by atoms with Crippen molar-refractivity contribution in [2.24, 2.45) is 10.8 Å². The lowest BCUT2D eigenvalue weighted by molar-refractivity contribution is -0.292. The Morgan fingerprint density at radius 2 is 1.82 bits per heavy atom. The Kier molecular flexibility index (Phi) is 5.97. The molecule has 180 valence electrons. The lowest BCUT2D eigenvalue weighted by Crippen LogP contribution is -2.57. The summed E-state index contributed by atoms with van der Waals surface area (Å²) in [4.78, 5) is 0. The summed E-state index contributed by atoms with van der Waals surface area (Å²) in [7, 11) is 3.43. The molecule has 0 unspecified atom stereocenters. The van der Waals surface area contributed by atoms with Crippen LogP contribution in [0.5, 0.6) is 11.5 Å². The van der Waals surface area contributed by atoms with Crippen molar-refractivity contribution in [3.05, 3.63) is 58.9 Å². The highest BCUT2D eigenvalue weighted by atomic mass is 16.7. The molecule has 1 aliphatic carbocycles. The van der Waals surface area contributed by atoms with Crippen molar-refractivity contribution in [2.45, 2.75) is 85.0 Å². The van der Waals surface area contributed by atoms with Gasteiger partial charge in [0.1, 0.15) is 17.3 Å². The van der Waals surface area contributed by atoms with E-state index >= 15 is 0 Å². The Morgan fingerprint density at radius 1 is 1.06 bits per heavy atom. The van der Waals surface area contributed by atoms with Crippen molar-refractivity contribution in [2.75, 3.05) is 14.2 Å². The molecule has 3 aliphatic rings. The molecule has 2 heterocycles. The van der Waals surface area contributed by atoms with E-state index in [0.717, 1.165) is 47.6 Å². The Balaban J connectivity index is 1.59. The summed E-state index contributed by atoms with van der Waals surface area (Å²) < 4.78 is 24.5. The van der Waals surface area contributed by atoms with Crippen LogP contribution in [0, 0.1) is 17.8 Å². The number of hydrogen-bond acceptors (Lipinski definition) is 4. The van der Waals surface area contributed by atoms with E-state index < -0.39 is 5.79 Å².